The molecule has 0 spiro atoms. The van der Waals surface area contributed by atoms with Crippen LogP contribution < -0.4 is 0 Å². The van der Waals surface area contributed by atoms with Crippen molar-refractivity contribution in [1.82, 2.24) is 14.5 Å². The minimum Gasteiger partial charge on any atom is -0.329 e. The molecule has 14 heavy (non-hydrogen) atoms. The van der Waals surface area contributed by atoms with Gasteiger partial charge in [-0.25, -0.2) is 4.98 Å². The van der Waals surface area contributed by atoms with E-state index in [0.717, 1.165) is 11.0 Å². The van der Waals surface area contributed by atoms with Crippen LogP contribution in [0.2, 0.25) is 5.28 Å². The molecule has 1 aliphatic rings. The van der Waals surface area contributed by atoms with Crippen LogP contribution >= 0.6 is 11.6 Å². The minimum atomic E-state index is 0.330. The maximum atomic E-state index is 5.78. The summed E-state index contributed by atoms with van der Waals surface area (Å²) >= 11 is 5.78. The fraction of sp³-hybridized carbons (Fsp3) is 0.400. The number of fused-ring (bicyclic) bond motifs is 1. The summed E-state index contributed by atoms with van der Waals surface area (Å²) in [5.41, 5.74) is 0.967. The van der Waals surface area contributed by atoms with Crippen molar-refractivity contribution in [1.29, 1.82) is 0 Å². The van der Waals surface area contributed by atoms with E-state index in [1.165, 1.54) is 19.3 Å². The summed E-state index contributed by atoms with van der Waals surface area (Å²) < 4.78 is 2.21. The highest BCUT2D eigenvalue weighted by Crippen LogP contribution is 2.33. The molecule has 0 N–H and O–H groups in total. The zero-order valence-corrected chi connectivity index (χ0v) is 8.41. The zero-order chi connectivity index (χ0) is 9.54. The number of rotatable bonds is 1. The monoisotopic (exact) mass is 207 g/mol. The van der Waals surface area contributed by atoms with E-state index in [1.807, 2.05) is 6.07 Å². The van der Waals surface area contributed by atoms with Crippen molar-refractivity contribution in [2.75, 3.05) is 0 Å². The van der Waals surface area contributed by atoms with Gasteiger partial charge in [-0.1, -0.05) is 0 Å². The quantitative estimate of drug-likeness (QED) is 0.674. The van der Waals surface area contributed by atoms with Gasteiger partial charge in [0.05, 0.1) is 0 Å². The van der Waals surface area contributed by atoms with Crippen molar-refractivity contribution >= 4 is 22.6 Å². The minimum absolute atomic E-state index is 0.330. The number of aromatic nitrogens is 3. The first-order valence-corrected chi connectivity index (χ1v) is 5.21. The predicted molar refractivity (Wildman–Crippen MR) is 55.4 cm³/mol. The largest absolute Gasteiger partial charge is 0.329 e. The summed E-state index contributed by atoms with van der Waals surface area (Å²) in [6.07, 6.45) is 7.69. The van der Waals surface area contributed by atoms with Crippen LogP contribution in [-0.2, 0) is 0 Å². The summed E-state index contributed by atoms with van der Waals surface area (Å²) in [4.78, 5) is 8.22. The van der Waals surface area contributed by atoms with Crippen LogP contribution in [0.3, 0.4) is 0 Å². The highest BCUT2D eigenvalue weighted by atomic mass is 35.5. The Balaban J connectivity index is 2.18. The summed E-state index contributed by atoms with van der Waals surface area (Å²) in [7, 11) is 0. The summed E-state index contributed by atoms with van der Waals surface area (Å²) in [5.74, 6) is 0. The molecule has 0 unspecified atom stereocenters. The molecule has 0 amide bonds. The molecule has 2 heterocycles. The van der Waals surface area contributed by atoms with E-state index in [4.69, 9.17) is 11.6 Å². The lowest BCUT2D eigenvalue weighted by molar-refractivity contribution is 0.320. The molecule has 0 radical (unpaired) electrons. The van der Waals surface area contributed by atoms with Crippen LogP contribution in [0, 0.1) is 0 Å². The zero-order valence-electron chi connectivity index (χ0n) is 7.65. The Hall–Kier alpha value is -1.09. The molecule has 72 valence electrons. The van der Waals surface area contributed by atoms with E-state index in [-0.39, 0.29) is 0 Å². The Bertz CT molecular complexity index is 473. The van der Waals surface area contributed by atoms with Crippen molar-refractivity contribution in [3.63, 3.8) is 0 Å². The third-order valence-electron chi connectivity index (χ3n) is 2.89. The molecule has 4 heteroatoms. The number of halogens is 1. The van der Waals surface area contributed by atoms with Crippen LogP contribution in [0.5, 0.6) is 0 Å². The van der Waals surface area contributed by atoms with Gasteiger partial charge < -0.3 is 4.57 Å². The molecule has 0 aromatic carbocycles. The molecule has 2 aromatic heterocycles. The Labute approximate surface area is 86.7 Å². The summed E-state index contributed by atoms with van der Waals surface area (Å²) in [6.45, 7) is 0. The smallest absolute Gasteiger partial charge is 0.224 e. The molecule has 1 saturated carbocycles. The molecule has 2 aromatic rings. The van der Waals surface area contributed by atoms with Gasteiger partial charge in [-0.15, -0.1) is 0 Å². The first-order chi connectivity index (χ1) is 6.84. The molecule has 0 atom stereocenters. The van der Waals surface area contributed by atoms with Crippen LogP contribution in [-0.4, -0.2) is 14.5 Å². The second kappa shape index (κ2) is 2.95. The maximum absolute atomic E-state index is 5.78. The first kappa shape index (κ1) is 8.24. The van der Waals surface area contributed by atoms with Gasteiger partial charge in [0.1, 0.15) is 5.65 Å². The van der Waals surface area contributed by atoms with E-state index in [1.54, 1.807) is 6.20 Å². The normalized spacial score (nSPS) is 17.2. The van der Waals surface area contributed by atoms with Gasteiger partial charge in [-0.3, -0.25) is 0 Å². The van der Waals surface area contributed by atoms with Gasteiger partial charge in [-0.05, 0) is 36.9 Å². The Morgan fingerprint density at radius 1 is 1.43 bits per heavy atom. The molecular formula is C10H10ClN3. The molecule has 0 saturated heterocycles. The second-order valence-corrected chi connectivity index (χ2v) is 4.06. The first-order valence-electron chi connectivity index (χ1n) is 4.84. The average Bonchev–Trinajstić information content (AvgIpc) is 2.46. The van der Waals surface area contributed by atoms with Crippen LogP contribution in [0.15, 0.2) is 18.5 Å². The van der Waals surface area contributed by atoms with Crippen molar-refractivity contribution in [3.05, 3.63) is 23.7 Å². The fourth-order valence-electron chi connectivity index (χ4n) is 1.88. The average molecular weight is 208 g/mol. The highest BCUT2D eigenvalue weighted by molar-refractivity contribution is 6.28. The van der Waals surface area contributed by atoms with Gasteiger partial charge in [-0.2, -0.15) is 4.98 Å². The standard InChI is InChI=1S/C10H10ClN3/c11-10-12-6-7-4-5-14(9(7)13-10)8-2-1-3-8/h4-6,8H,1-3H2. The highest BCUT2D eigenvalue weighted by Gasteiger charge is 2.20. The number of hydrogen-bond acceptors (Lipinski definition) is 2. The van der Waals surface area contributed by atoms with Gasteiger partial charge in [0, 0.05) is 23.8 Å². The molecule has 1 aliphatic carbocycles. The summed E-state index contributed by atoms with van der Waals surface area (Å²) in [6, 6.07) is 2.67. The predicted octanol–water partition coefficient (Wildman–Crippen LogP) is 2.81. The maximum Gasteiger partial charge on any atom is 0.224 e. The van der Waals surface area contributed by atoms with Crippen molar-refractivity contribution in [2.45, 2.75) is 25.3 Å². The molecular weight excluding hydrogens is 198 g/mol. The SMILES string of the molecule is Clc1ncc2ccn(C3CCC3)c2n1. The van der Waals surface area contributed by atoms with Crippen LogP contribution in [0.4, 0.5) is 0 Å². The van der Waals surface area contributed by atoms with Gasteiger partial charge >= 0.3 is 0 Å². The number of hydrogen-bond donors (Lipinski definition) is 0. The fourth-order valence-corrected chi connectivity index (χ4v) is 2.01. The lowest BCUT2D eigenvalue weighted by Gasteiger charge is -2.27. The molecule has 0 aliphatic heterocycles. The second-order valence-electron chi connectivity index (χ2n) is 3.73. The topological polar surface area (TPSA) is 30.7 Å². The molecule has 0 bridgehead atoms. The number of nitrogens with zero attached hydrogens (tertiary/aromatic N) is 3. The van der Waals surface area contributed by atoms with Gasteiger partial charge in [0.2, 0.25) is 5.28 Å². The third-order valence-corrected chi connectivity index (χ3v) is 3.08. The van der Waals surface area contributed by atoms with E-state index < -0.39 is 0 Å². The van der Waals surface area contributed by atoms with E-state index >= 15 is 0 Å². The third kappa shape index (κ3) is 1.12. The van der Waals surface area contributed by atoms with E-state index in [2.05, 4.69) is 20.7 Å². The van der Waals surface area contributed by atoms with Crippen molar-refractivity contribution in [3.8, 4) is 0 Å². The lowest BCUT2D eigenvalue weighted by atomic mass is 9.93. The Morgan fingerprint density at radius 2 is 2.29 bits per heavy atom. The molecule has 1 fully saturated rings. The van der Waals surface area contributed by atoms with Crippen molar-refractivity contribution < 1.29 is 0 Å². The Kier molecular flexibility index (Phi) is 1.74. The van der Waals surface area contributed by atoms with Crippen LogP contribution in [0.1, 0.15) is 25.3 Å². The molecule has 3 rings (SSSR count). The van der Waals surface area contributed by atoms with Crippen LogP contribution in [0.25, 0.3) is 11.0 Å². The van der Waals surface area contributed by atoms with E-state index in [0.29, 0.717) is 11.3 Å². The summed E-state index contributed by atoms with van der Waals surface area (Å²) in [5, 5.41) is 1.40. The van der Waals surface area contributed by atoms with Gasteiger partial charge in [0.25, 0.3) is 0 Å². The van der Waals surface area contributed by atoms with Gasteiger partial charge in [0.15, 0.2) is 0 Å². The molecule has 3 nitrogen and oxygen atoms in total. The van der Waals surface area contributed by atoms with E-state index in [9.17, 15) is 0 Å². The van der Waals surface area contributed by atoms with Crippen molar-refractivity contribution in [2.24, 2.45) is 0 Å². The Morgan fingerprint density at radius 3 is 3.00 bits per heavy atom. The lowest BCUT2D eigenvalue weighted by Crippen LogP contribution is -2.16.